The van der Waals surface area contributed by atoms with Crippen LogP contribution in [0.5, 0.6) is 0 Å². The molecule has 86 valence electrons. The predicted molar refractivity (Wildman–Crippen MR) is 68.0 cm³/mol. The Morgan fingerprint density at radius 3 is 3.06 bits per heavy atom. The first-order valence-electron chi connectivity index (χ1n) is 5.23. The van der Waals surface area contributed by atoms with Crippen LogP contribution in [0, 0.1) is 0 Å². The van der Waals surface area contributed by atoms with Gasteiger partial charge in [-0.3, -0.25) is 0 Å². The minimum Gasteiger partial charge on any atom is -0.328 e. The molecule has 0 bridgehead atoms. The Hall–Kier alpha value is -0.840. The Morgan fingerprint density at radius 2 is 2.38 bits per heavy atom. The molecule has 0 aliphatic heterocycles. The van der Waals surface area contributed by atoms with E-state index in [0.29, 0.717) is 0 Å². The maximum atomic E-state index is 5.91. The van der Waals surface area contributed by atoms with Crippen LogP contribution in [0.2, 0.25) is 4.34 Å². The molecule has 1 N–H and O–H groups in total. The van der Waals surface area contributed by atoms with Crippen molar-refractivity contribution in [3.05, 3.63) is 39.6 Å². The number of hydrogen-bond donors (Lipinski definition) is 1. The summed E-state index contributed by atoms with van der Waals surface area (Å²) in [6, 6.07) is 3.99. The first-order chi connectivity index (χ1) is 7.79. The summed E-state index contributed by atoms with van der Waals surface area (Å²) in [5.74, 6) is 0. The molecule has 0 saturated carbocycles. The summed E-state index contributed by atoms with van der Waals surface area (Å²) in [6.45, 7) is 4.77. The van der Waals surface area contributed by atoms with Gasteiger partial charge in [0.05, 0.1) is 22.9 Å². The molecule has 0 unspecified atom stereocenters. The second-order valence-corrected chi connectivity index (χ2v) is 5.30. The standard InChI is InChI=1S/C11H14ClN3S/c1-2-13-5-9-6-14-8-15(9)7-10-3-4-11(12)16-10/h3-4,6,8,13H,2,5,7H2,1H3. The molecule has 2 rings (SSSR count). The van der Waals surface area contributed by atoms with Crippen LogP contribution in [0.1, 0.15) is 17.5 Å². The van der Waals surface area contributed by atoms with Crippen LogP contribution in [0.4, 0.5) is 0 Å². The molecule has 0 saturated heterocycles. The van der Waals surface area contributed by atoms with Crippen molar-refractivity contribution in [1.29, 1.82) is 0 Å². The second-order valence-electron chi connectivity index (χ2n) is 3.50. The molecule has 0 radical (unpaired) electrons. The summed E-state index contributed by atoms with van der Waals surface area (Å²) in [5.41, 5.74) is 1.20. The molecule has 16 heavy (non-hydrogen) atoms. The lowest BCUT2D eigenvalue weighted by molar-refractivity contribution is 0.660. The normalized spacial score (nSPS) is 10.9. The summed E-state index contributed by atoms with van der Waals surface area (Å²) >= 11 is 7.52. The molecule has 0 amide bonds. The van der Waals surface area contributed by atoms with E-state index in [0.717, 1.165) is 24.0 Å². The summed E-state index contributed by atoms with van der Waals surface area (Å²) in [5, 5.41) is 3.30. The zero-order chi connectivity index (χ0) is 11.4. The van der Waals surface area contributed by atoms with Gasteiger partial charge in [-0.1, -0.05) is 18.5 Å². The van der Waals surface area contributed by atoms with Crippen molar-refractivity contribution in [2.45, 2.75) is 20.0 Å². The molecule has 0 aliphatic rings. The lowest BCUT2D eigenvalue weighted by Gasteiger charge is -2.06. The summed E-state index contributed by atoms with van der Waals surface area (Å²) < 4.78 is 2.98. The molecule has 5 heteroatoms. The van der Waals surface area contributed by atoms with Crippen molar-refractivity contribution < 1.29 is 0 Å². The number of aromatic nitrogens is 2. The SMILES string of the molecule is CCNCc1cncn1Cc1ccc(Cl)s1. The summed E-state index contributed by atoms with van der Waals surface area (Å²) in [4.78, 5) is 5.42. The fraction of sp³-hybridized carbons (Fsp3) is 0.364. The van der Waals surface area contributed by atoms with Gasteiger partial charge in [-0.2, -0.15) is 0 Å². The van der Waals surface area contributed by atoms with E-state index >= 15 is 0 Å². The summed E-state index contributed by atoms with van der Waals surface area (Å²) in [6.07, 6.45) is 3.76. The Labute approximate surface area is 104 Å². The van der Waals surface area contributed by atoms with Gasteiger partial charge < -0.3 is 9.88 Å². The van der Waals surface area contributed by atoms with E-state index in [-0.39, 0.29) is 0 Å². The molecule has 2 aromatic rings. The minimum atomic E-state index is 0.836. The van der Waals surface area contributed by atoms with Gasteiger partial charge in [0.25, 0.3) is 0 Å². The van der Waals surface area contributed by atoms with Crippen molar-refractivity contribution in [1.82, 2.24) is 14.9 Å². The number of rotatable bonds is 5. The molecule has 2 aromatic heterocycles. The third-order valence-electron chi connectivity index (χ3n) is 2.31. The average molecular weight is 256 g/mol. The van der Waals surface area contributed by atoms with Gasteiger partial charge in [0.15, 0.2) is 0 Å². The third kappa shape index (κ3) is 2.84. The van der Waals surface area contributed by atoms with E-state index in [2.05, 4.69) is 27.9 Å². The quantitative estimate of drug-likeness (QED) is 0.891. The molecule has 2 heterocycles. The molecule has 0 fully saturated rings. The van der Waals surface area contributed by atoms with E-state index in [1.54, 1.807) is 11.3 Å². The number of nitrogens with zero attached hydrogens (tertiary/aromatic N) is 2. The Kier molecular flexibility index (Phi) is 3.98. The topological polar surface area (TPSA) is 29.9 Å². The Morgan fingerprint density at radius 1 is 1.50 bits per heavy atom. The lowest BCUT2D eigenvalue weighted by Crippen LogP contribution is -2.15. The highest BCUT2D eigenvalue weighted by Crippen LogP contribution is 2.22. The van der Waals surface area contributed by atoms with Gasteiger partial charge in [-0.05, 0) is 18.7 Å². The highest BCUT2D eigenvalue weighted by atomic mass is 35.5. The zero-order valence-electron chi connectivity index (χ0n) is 9.11. The van der Waals surface area contributed by atoms with Crippen LogP contribution in [0.15, 0.2) is 24.7 Å². The van der Waals surface area contributed by atoms with Crippen LogP contribution >= 0.6 is 22.9 Å². The van der Waals surface area contributed by atoms with Crippen LogP contribution in [0.25, 0.3) is 0 Å². The molecule has 0 atom stereocenters. The first kappa shape index (κ1) is 11.6. The number of nitrogens with one attached hydrogen (secondary N) is 1. The van der Waals surface area contributed by atoms with Crippen molar-refractivity contribution >= 4 is 22.9 Å². The highest BCUT2D eigenvalue weighted by Gasteiger charge is 2.04. The van der Waals surface area contributed by atoms with Crippen molar-refractivity contribution in [2.75, 3.05) is 6.54 Å². The van der Waals surface area contributed by atoms with Crippen LogP contribution < -0.4 is 5.32 Å². The lowest BCUT2D eigenvalue weighted by atomic mass is 10.4. The van der Waals surface area contributed by atoms with Crippen molar-refractivity contribution in [3.63, 3.8) is 0 Å². The monoisotopic (exact) mass is 255 g/mol. The molecule has 0 spiro atoms. The maximum absolute atomic E-state index is 5.91. The summed E-state index contributed by atoms with van der Waals surface area (Å²) in [7, 11) is 0. The van der Waals surface area contributed by atoms with Crippen molar-refractivity contribution in [2.24, 2.45) is 0 Å². The largest absolute Gasteiger partial charge is 0.328 e. The van der Waals surface area contributed by atoms with E-state index in [1.165, 1.54) is 10.6 Å². The van der Waals surface area contributed by atoms with Crippen LogP contribution in [-0.4, -0.2) is 16.1 Å². The fourth-order valence-corrected chi connectivity index (χ4v) is 2.58. The van der Waals surface area contributed by atoms with Crippen LogP contribution in [-0.2, 0) is 13.1 Å². The van der Waals surface area contributed by atoms with E-state index < -0.39 is 0 Å². The number of thiophene rings is 1. The van der Waals surface area contributed by atoms with Crippen molar-refractivity contribution in [3.8, 4) is 0 Å². The van der Waals surface area contributed by atoms with Gasteiger partial charge in [-0.25, -0.2) is 4.98 Å². The molecule has 3 nitrogen and oxygen atoms in total. The Bertz CT molecular complexity index is 450. The third-order valence-corrected chi connectivity index (χ3v) is 3.53. The number of halogens is 1. The fourth-order valence-electron chi connectivity index (χ4n) is 1.50. The van der Waals surface area contributed by atoms with Gasteiger partial charge in [0, 0.05) is 17.6 Å². The number of imidazole rings is 1. The van der Waals surface area contributed by atoms with Crippen LogP contribution in [0.3, 0.4) is 0 Å². The molecule has 0 aromatic carbocycles. The van der Waals surface area contributed by atoms with Gasteiger partial charge in [-0.15, -0.1) is 11.3 Å². The van der Waals surface area contributed by atoms with E-state index in [4.69, 9.17) is 11.6 Å². The predicted octanol–water partition coefficient (Wildman–Crippen LogP) is 2.76. The average Bonchev–Trinajstić information content (AvgIpc) is 2.86. The first-order valence-corrected chi connectivity index (χ1v) is 6.43. The highest BCUT2D eigenvalue weighted by molar-refractivity contribution is 7.16. The van der Waals surface area contributed by atoms with Gasteiger partial charge in [0.1, 0.15) is 0 Å². The molecule has 0 aliphatic carbocycles. The number of hydrogen-bond acceptors (Lipinski definition) is 3. The molecular weight excluding hydrogens is 242 g/mol. The van der Waals surface area contributed by atoms with E-state index in [1.807, 2.05) is 18.6 Å². The van der Waals surface area contributed by atoms with Gasteiger partial charge in [0.2, 0.25) is 0 Å². The smallest absolute Gasteiger partial charge is 0.0952 e. The van der Waals surface area contributed by atoms with E-state index in [9.17, 15) is 0 Å². The maximum Gasteiger partial charge on any atom is 0.0952 e. The minimum absolute atomic E-state index is 0.836. The molecular formula is C11H14ClN3S. The Balaban J connectivity index is 2.06. The second kappa shape index (κ2) is 5.48. The van der Waals surface area contributed by atoms with Gasteiger partial charge >= 0.3 is 0 Å². The zero-order valence-corrected chi connectivity index (χ0v) is 10.7.